The summed E-state index contributed by atoms with van der Waals surface area (Å²) in [5.41, 5.74) is 1.32. The van der Waals surface area contributed by atoms with Gasteiger partial charge in [-0.05, 0) is 115 Å². The molecule has 3 nitrogen and oxygen atoms in total. The molecule has 3 aliphatic rings. The van der Waals surface area contributed by atoms with Gasteiger partial charge in [-0.15, -0.1) is 0 Å². The molecule has 0 bridgehead atoms. The molecule has 38 heavy (non-hydrogen) atoms. The molecule has 3 rings (SSSR count). The van der Waals surface area contributed by atoms with E-state index in [2.05, 4.69) is 105 Å². The summed E-state index contributed by atoms with van der Waals surface area (Å²) in [6.45, 7) is 26.3. The third-order valence-corrected chi connectivity index (χ3v) is 9.75. The molecule has 0 aliphatic carbocycles. The van der Waals surface area contributed by atoms with Crippen LogP contribution in [0, 0.1) is 22.2 Å². The lowest BCUT2D eigenvalue weighted by molar-refractivity contribution is 0.0668. The van der Waals surface area contributed by atoms with Crippen molar-refractivity contribution in [2.75, 3.05) is 34.4 Å². The van der Waals surface area contributed by atoms with Crippen molar-refractivity contribution < 1.29 is 4.39 Å². The summed E-state index contributed by atoms with van der Waals surface area (Å²) in [4.78, 5) is 7.30. The van der Waals surface area contributed by atoms with Crippen molar-refractivity contribution in [3.05, 3.63) is 0 Å². The molecule has 0 amide bonds. The molecule has 3 aliphatic heterocycles. The molecule has 3 saturated heterocycles. The Morgan fingerprint density at radius 1 is 0.658 bits per heavy atom. The highest BCUT2D eigenvalue weighted by Gasteiger charge is 2.33. The van der Waals surface area contributed by atoms with Gasteiger partial charge in [-0.2, -0.15) is 0 Å². The van der Waals surface area contributed by atoms with Crippen LogP contribution < -0.4 is 0 Å². The maximum atomic E-state index is 12.6. The number of halogens is 1. The monoisotopic (exact) mass is 540 g/mol. The van der Waals surface area contributed by atoms with Gasteiger partial charge in [0.2, 0.25) is 0 Å². The number of nitrogens with zero attached hydrogens (tertiary/aromatic N) is 3. The van der Waals surface area contributed by atoms with Crippen molar-refractivity contribution in [2.24, 2.45) is 22.2 Å². The molecule has 0 N–H and O–H groups in total. The molecular formula is C34H70FN3. The van der Waals surface area contributed by atoms with E-state index in [0.29, 0.717) is 22.2 Å². The Balaban J connectivity index is 0.000000285. The third kappa shape index (κ3) is 12.5. The highest BCUT2D eigenvalue weighted by Crippen LogP contribution is 2.36. The van der Waals surface area contributed by atoms with E-state index in [-0.39, 0.29) is 12.7 Å². The third-order valence-electron chi connectivity index (χ3n) is 9.75. The van der Waals surface area contributed by atoms with Gasteiger partial charge < -0.3 is 14.7 Å². The quantitative estimate of drug-likeness (QED) is 0.353. The van der Waals surface area contributed by atoms with Gasteiger partial charge in [0.1, 0.15) is 6.67 Å². The second-order valence-corrected chi connectivity index (χ2v) is 16.6. The van der Waals surface area contributed by atoms with Crippen LogP contribution in [0.15, 0.2) is 0 Å². The fourth-order valence-corrected chi connectivity index (χ4v) is 6.82. The lowest BCUT2D eigenvalue weighted by Gasteiger charge is -2.41. The average molecular weight is 540 g/mol. The van der Waals surface area contributed by atoms with E-state index in [4.69, 9.17) is 0 Å². The molecule has 4 heteroatoms. The summed E-state index contributed by atoms with van der Waals surface area (Å²) in [6, 6.07) is 3.49. The first-order chi connectivity index (χ1) is 17.3. The molecule has 0 saturated carbocycles. The molecule has 3 heterocycles. The lowest BCUT2D eigenvalue weighted by Crippen LogP contribution is -2.44. The molecule has 228 valence electrons. The van der Waals surface area contributed by atoms with Gasteiger partial charge in [0, 0.05) is 30.2 Å². The Labute approximate surface area is 239 Å². The normalized spacial score (nSPS) is 32.0. The Morgan fingerprint density at radius 2 is 1.13 bits per heavy atom. The van der Waals surface area contributed by atoms with Gasteiger partial charge >= 0.3 is 0 Å². The molecule has 6 atom stereocenters. The van der Waals surface area contributed by atoms with Gasteiger partial charge in [-0.3, -0.25) is 0 Å². The van der Waals surface area contributed by atoms with Gasteiger partial charge in [0.05, 0.1) is 0 Å². The average Bonchev–Trinajstić information content (AvgIpc) is 3.28. The Hall–Kier alpha value is -0.190. The Kier molecular flexibility index (Phi) is 14.3. The van der Waals surface area contributed by atoms with Crippen LogP contribution >= 0.6 is 0 Å². The number of hydrogen-bond donors (Lipinski definition) is 0. The SMILES string of the molecule is CC1CCC(CC(C)(C)C)N1C.CCC1CCC(CC(C)(C)C)N1C.CN1CCC(C(C)(C)C)CC1CF. The van der Waals surface area contributed by atoms with Crippen LogP contribution in [0.3, 0.4) is 0 Å². The zero-order chi connectivity index (χ0) is 29.5. The van der Waals surface area contributed by atoms with Crippen LogP contribution in [0.4, 0.5) is 4.39 Å². The first kappa shape index (κ1) is 35.8. The van der Waals surface area contributed by atoms with Gasteiger partial charge in [0.25, 0.3) is 0 Å². The van der Waals surface area contributed by atoms with E-state index in [1.165, 1.54) is 51.4 Å². The van der Waals surface area contributed by atoms with Crippen molar-refractivity contribution >= 4 is 0 Å². The molecule has 3 fully saturated rings. The molecule has 0 aromatic carbocycles. The van der Waals surface area contributed by atoms with E-state index < -0.39 is 0 Å². The zero-order valence-corrected chi connectivity index (χ0v) is 28.5. The van der Waals surface area contributed by atoms with Crippen LogP contribution in [-0.4, -0.2) is 79.3 Å². The first-order valence-electron chi connectivity index (χ1n) is 16.0. The van der Waals surface area contributed by atoms with Crippen molar-refractivity contribution in [1.29, 1.82) is 0 Å². The van der Waals surface area contributed by atoms with E-state index >= 15 is 0 Å². The summed E-state index contributed by atoms with van der Waals surface area (Å²) < 4.78 is 12.6. The minimum absolute atomic E-state index is 0.165. The van der Waals surface area contributed by atoms with Crippen LogP contribution in [0.1, 0.15) is 134 Å². The second kappa shape index (κ2) is 15.2. The smallest absolute Gasteiger partial charge is 0.105 e. The summed E-state index contributed by atoms with van der Waals surface area (Å²) in [6.07, 6.45) is 11.9. The van der Waals surface area contributed by atoms with Crippen molar-refractivity contribution in [2.45, 2.75) is 164 Å². The van der Waals surface area contributed by atoms with E-state index in [9.17, 15) is 4.39 Å². The van der Waals surface area contributed by atoms with Crippen molar-refractivity contribution in [3.8, 4) is 0 Å². The van der Waals surface area contributed by atoms with E-state index in [0.717, 1.165) is 37.1 Å². The number of rotatable bonds is 4. The summed E-state index contributed by atoms with van der Waals surface area (Å²) in [5.74, 6) is 0.685. The predicted molar refractivity (Wildman–Crippen MR) is 168 cm³/mol. The van der Waals surface area contributed by atoms with E-state index in [1.807, 2.05) is 7.05 Å². The first-order valence-corrected chi connectivity index (χ1v) is 16.0. The Morgan fingerprint density at radius 3 is 1.50 bits per heavy atom. The maximum absolute atomic E-state index is 12.6. The van der Waals surface area contributed by atoms with E-state index in [1.54, 1.807) is 0 Å². The fraction of sp³-hybridized carbons (Fsp3) is 1.00. The summed E-state index contributed by atoms with van der Waals surface area (Å²) in [7, 11) is 6.61. The molecule has 0 radical (unpaired) electrons. The van der Waals surface area contributed by atoms with Crippen molar-refractivity contribution in [3.63, 3.8) is 0 Å². The predicted octanol–water partition coefficient (Wildman–Crippen LogP) is 8.91. The molecular weight excluding hydrogens is 469 g/mol. The Bertz CT molecular complexity index is 644. The minimum Gasteiger partial charge on any atom is -0.301 e. The number of hydrogen-bond acceptors (Lipinski definition) is 3. The summed E-state index contributed by atoms with van der Waals surface area (Å²) in [5, 5.41) is 0. The standard InChI is InChI=1S/C12H25N.C11H22FN.C11H23N/c1-6-10-7-8-11(13(10)5)9-12(2,3)4;1-11(2,3)9-5-6-13(4)10(7-9)8-12;1-9-6-7-10(12(9)5)8-11(2,3)4/h10-11H,6-9H2,1-5H3;9-10H,5-8H2,1-4H3;9-10H,6-8H2,1-5H3. The number of piperidine rings is 1. The van der Waals surface area contributed by atoms with Crippen LogP contribution in [0.25, 0.3) is 0 Å². The van der Waals surface area contributed by atoms with Gasteiger partial charge in [-0.1, -0.05) is 69.2 Å². The molecule has 0 aromatic heterocycles. The maximum Gasteiger partial charge on any atom is 0.105 e. The largest absolute Gasteiger partial charge is 0.301 e. The lowest BCUT2D eigenvalue weighted by atomic mass is 9.73. The van der Waals surface area contributed by atoms with Crippen LogP contribution in [0.2, 0.25) is 0 Å². The second-order valence-electron chi connectivity index (χ2n) is 16.6. The van der Waals surface area contributed by atoms with Gasteiger partial charge in [-0.25, -0.2) is 4.39 Å². The highest BCUT2D eigenvalue weighted by molar-refractivity contribution is 4.88. The number of likely N-dealkylation sites (tertiary alicyclic amines) is 3. The summed E-state index contributed by atoms with van der Waals surface area (Å²) >= 11 is 0. The van der Waals surface area contributed by atoms with Crippen LogP contribution in [0.5, 0.6) is 0 Å². The highest BCUT2D eigenvalue weighted by atomic mass is 19.1. The molecule has 0 aromatic rings. The zero-order valence-electron chi connectivity index (χ0n) is 28.5. The minimum atomic E-state index is -0.191. The topological polar surface area (TPSA) is 9.72 Å². The number of alkyl halides is 1. The van der Waals surface area contributed by atoms with Crippen molar-refractivity contribution in [1.82, 2.24) is 14.7 Å². The van der Waals surface area contributed by atoms with Crippen LogP contribution in [-0.2, 0) is 0 Å². The molecule has 0 spiro atoms. The molecule has 6 unspecified atom stereocenters. The van der Waals surface area contributed by atoms with Gasteiger partial charge in [0.15, 0.2) is 0 Å². The fourth-order valence-electron chi connectivity index (χ4n) is 6.82.